The molecule has 2 heterocycles. The molecule has 0 fully saturated rings. The third kappa shape index (κ3) is 9.94. The fourth-order valence-corrected chi connectivity index (χ4v) is 9.63. The second-order valence-corrected chi connectivity index (χ2v) is 17.5. The van der Waals surface area contributed by atoms with Crippen LogP contribution in [0.5, 0.6) is 0 Å². The van der Waals surface area contributed by atoms with E-state index in [1.165, 1.54) is 63.1 Å². The molecule has 0 amide bonds. The highest BCUT2D eigenvalue weighted by Crippen LogP contribution is 2.43. The zero-order valence-electron chi connectivity index (χ0n) is 37.1. The molecule has 0 saturated carbocycles. The summed E-state index contributed by atoms with van der Waals surface area (Å²) in [4.78, 5) is 10.6. The molecule has 0 N–H and O–H groups in total. The van der Waals surface area contributed by atoms with Crippen LogP contribution in [-0.2, 0) is 25.7 Å². The number of nitrogens with zero attached hydrogens (tertiary/aromatic N) is 4. The van der Waals surface area contributed by atoms with Crippen molar-refractivity contribution in [1.29, 1.82) is 0 Å². The van der Waals surface area contributed by atoms with E-state index in [1.54, 1.807) is 12.1 Å². The van der Waals surface area contributed by atoms with Gasteiger partial charge < -0.3 is 0 Å². The minimum absolute atomic E-state index is 0.192. The molecule has 2 atom stereocenters. The predicted molar refractivity (Wildman–Crippen MR) is 254 cm³/mol. The Hall–Kier alpha value is -4.88. The van der Waals surface area contributed by atoms with Gasteiger partial charge >= 0.3 is 0 Å². The Morgan fingerprint density at radius 3 is 1.21 bits per heavy atom. The summed E-state index contributed by atoms with van der Waals surface area (Å²) < 4.78 is 41.1. The number of hydrogen-bond donors (Lipinski definition) is 0. The third-order valence-corrected chi connectivity index (χ3v) is 13.5. The molecule has 0 aliphatic heterocycles. The normalized spacial score (nSPS) is 12.7. The van der Waals surface area contributed by atoms with Crippen molar-refractivity contribution in [2.45, 2.75) is 131 Å². The molecule has 0 bridgehead atoms. The minimum atomic E-state index is -0.192. The maximum Gasteiger partial charge on any atom is 0.131 e. The summed E-state index contributed by atoms with van der Waals surface area (Å²) in [7, 11) is 0. The molecule has 61 heavy (non-hydrogen) atoms. The molecule has 318 valence electrons. The molecular formula is C54H62F2N4S. The zero-order valence-corrected chi connectivity index (χ0v) is 37.9. The van der Waals surface area contributed by atoms with Crippen molar-refractivity contribution in [3.63, 3.8) is 0 Å². The van der Waals surface area contributed by atoms with E-state index in [-0.39, 0.29) is 11.6 Å². The number of aromatic nitrogens is 4. The lowest BCUT2D eigenvalue weighted by molar-refractivity contribution is 0.421. The molecule has 5 aromatic carbocycles. The van der Waals surface area contributed by atoms with Gasteiger partial charge in [0.15, 0.2) is 0 Å². The van der Waals surface area contributed by atoms with Gasteiger partial charge in [0.05, 0.1) is 34.1 Å². The summed E-state index contributed by atoms with van der Waals surface area (Å²) in [5.41, 5.74) is 13.5. The highest BCUT2D eigenvalue weighted by Gasteiger charge is 2.24. The smallest absolute Gasteiger partial charge is 0.131 e. The topological polar surface area (TPSA) is 51.6 Å². The first kappa shape index (κ1) is 44.2. The van der Waals surface area contributed by atoms with E-state index in [0.29, 0.717) is 23.0 Å². The number of rotatable bonds is 20. The number of fused-ring (bicyclic) bond motifs is 2. The van der Waals surface area contributed by atoms with Gasteiger partial charge in [-0.15, -0.1) is 0 Å². The van der Waals surface area contributed by atoms with E-state index in [0.717, 1.165) is 116 Å². The molecule has 0 aliphatic carbocycles. The van der Waals surface area contributed by atoms with Crippen LogP contribution in [0.15, 0.2) is 84.9 Å². The maximum absolute atomic E-state index is 15.7. The lowest BCUT2D eigenvalue weighted by Crippen LogP contribution is -2.03. The molecule has 2 aromatic heterocycles. The van der Waals surface area contributed by atoms with Crippen molar-refractivity contribution in [1.82, 2.24) is 18.7 Å². The molecule has 0 spiro atoms. The Kier molecular flexibility index (Phi) is 15.1. The van der Waals surface area contributed by atoms with Crippen molar-refractivity contribution >= 4 is 33.8 Å². The Morgan fingerprint density at radius 1 is 0.475 bits per heavy atom. The molecule has 7 heteroatoms. The third-order valence-electron chi connectivity index (χ3n) is 13.0. The van der Waals surface area contributed by atoms with Crippen LogP contribution in [0, 0.1) is 23.5 Å². The molecule has 0 saturated heterocycles. The molecule has 4 nitrogen and oxygen atoms in total. The van der Waals surface area contributed by atoms with E-state index < -0.39 is 0 Å². The highest BCUT2D eigenvalue weighted by atomic mass is 32.1. The first-order valence-electron chi connectivity index (χ1n) is 23.1. The number of aryl methyl sites for hydroxylation is 4. The summed E-state index contributed by atoms with van der Waals surface area (Å²) in [5.74, 6) is 0.995. The number of halogens is 2. The van der Waals surface area contributed by atoms with Gasteiger partial charge in [0.2, 0.25) is 0 Å². The van der Waals surface area contributed by atoms with Crippen molar-refractivity contribution in [2.24, 2.45) is 11.8 Å². The quantitative estimate of drug-likeness (QED) is 0.0767. The van der Waals surface area contributed by atoms with Gasteiger partial charge in [0, 0.05) is 22.3 Å². The molecule has 0 aliphatic rings. The van der Waals surface area contributed by atoms with Crippen molar-refractivity contribution in [3.05, 3.63) is 119 Å². The minimum Gasteiger partial charge on any atom is -0.249 e. The monoisotopic (exact) mass is 836 g/mol. The van der Waals surface area contributed by atoms with E-state index in [9.17, 15) is 0 Å². The lowest BCUT2D eigenvalue weighted by atomic mass is 9.91. The molecule has 2 unspecified atom stereocenters. The molecule has 0 radical (unpaired) electrons. The Balaban J connectivity index is 1.21. The van der Waals surface area contributed by atoms with Crippen LogP contribution in [0.25, 0.3) is 66.6 Å². The van der Waals surface area contributed by atoms with Gasteiger partial charge in [-0.3, -0.25) is 0 Å². The first-order valence-corrected chi connectivity index (χ1v) is 23.8. The molecular weight excluding hydrogens is 775 g/mol. The standard InChI is InChI=1S/C54H62F2N4S/c1-7-13-15-35(9-3)17-19-37-21-31-43(45(55)33-37)39-23-27-41(28-24-39)49-51-52(58-48(12-6)47(11-5)57-51)50(54-53(49)59-61-60-54)42-29-25-40(26-30-42)44-32-22-38(34-46(44)56)20-18-36(10-4)16-14-8-2/h21-36H,7-20H2,1-6H3. The second kappa shape index (κ2) is 20.8. The van der Waals surface area contributed by atoms with E-state index >= 15 is 8.78 Å². The van der Waals surface area contributed by atoms with Crippen LogP contribution in [0.3, 0.4) is 0 Å². The number of unbranched alkanes of at least 4 members (excludes halogenated alkanes) is 2. The van der Waals surface area contributed by atoms with E-state index in [2.05, 4.69) is 53.7 Å². The van der Waals surface area contributed by atoms with E-state index in [1.807, 2.05) is 60.7 Å². The van der Waals surface area contributed by atoms with Crippen LogP contribution in [0.4, 0.5) is 8.78 Å². The summed E-state index contributed by atoms with van der Waals surface area (Å²) in [6.07, 6.45) is 15.3. The average molecular weight is 837 g/mol. The average Bonchev–Trinajstić information content (AvgIpc) is 3.77. The summed E-state index contributed by atoms with van der Waals surface area (Å²) in [6.45, 7) is 13.2. The summed E-state index contributed by atoms with van der Waals surface area (Å²) in [6, 6.07) is 27.6. The van der Waals surface area contributed by atoms with Crippen LogP contribution < -0.4 is 0 Å². The van der Waals surface area contributed by atoms with Gasteiger partial charge in [-0.2, -0.15) is 8.75 Å². The second-order valence-electron chi connectivity index (χ2n) is 16.9. The van der Waals surface area contributed by atoms with Gasteiger partial charge in [-0.25, -0.2) is 18.7 Å². The molecule has 7 aromatic rings. The summed E-state index contributed by atoms with van der Waals surface area (Å²) in [5, 5.41) is 0. The van der Waals surface area contributed by atoms with Crippen molar-refractivity contribution in [3.8, 4) is 44.5 Å². The van der Waals surface area contributed by atoms with Crippen LogP contribution in [-0.4, -0.2) is 18.7 Å². The van der Waals surface area contributed by atoms with Gasteiger partial charge in [0.1, 0.15) is 22.7 Å². The maximum atomic E-state index is 15.7. The lowest BCUT2D eigenvalue weighted by Gasteiger charge is -2.16. The summed E-state index contributed by atoms with van der Waals surface area (Å²) >= 11 is 1.17. The van der Waals surface area contributed by atoms with Gasteiger partial charge in [-0.1, -0.05) is 166 Å². The highest BCUT2D eigenvalue weighted by molar-refractivity contribution is 7.00. The number of benzene rings is 5. The SMILES string of the molecule is CCCCC(CC)CCc1ccc(-c2ccc(-c3c4nsnc4c(-c4ccc(-c5ccc(CCC(CC)CCCC)cc5F)cc4)c4nc(CC)c(CC)nc34)cc2)c(F)c1. The first-order chi connectivity index (χ1) is 29.8. The van der Waals surface area contributed by atoms with Crippen molar-refractivity contribution in [2.75, 3.05) is 0 Å². The van der Waals surface area contributed by atoms with E-state index in [4.69, 9.17) is 18.7 Å². The Bertz CT molecular complexity index is 2370. The van der Waals surface area contributed by atoms with Crippen LogP contribution in [0.2, 0.25) is 0 Å². The van der Waals surface area contributed by atoms with Crippen LogP contribution in [0.1, 0.15) is 128 Å². The van der Waals surface area contributed by atoms with Crippen molar-refractivity contribution < 1.29 is 8.78 Å². The Morgan fingerprint density at radius 2 is 0.869 bits per heavy atom. The van der Waals surface area contributed by atoms with Crippen LogP contribution >= 0.6 is 11.7 Å². The fraction of sp³-hybridized carbons (Fsp3) is 0.407. The number of hydrogen-bond acceptors (Lipinski definition) is 5. The Labute approximate surface area is 366 Å². The predicted octanol–water partition coefficient (Wildman–Crippen LogP) is 16.0. The largest absolute Gasteiger partial charge is 0.249 e. The molecule has 7 rings (SSSR count). The van der Waals surface area contributed by atoms with Gasteiger partial charge in [-0.05, 0) is 95.9 Å². The fourth-order valence-electron chi connectivity index (χ4n) is 9.07. The zero-order chi connectivity index (χ0) is 42.9. The van der Waals surface area contributed by atoms with Gasteiger partial charge in [0.25, 0.3) is 0 Å².